The fourth-order valence-corrected chi connectivity index (χ4v) is 3.30. The van der Waals surface area contributed by atoms with Crippen LogP contribution in [0.1, 0.15) is 28.8 Å². The molecule has 4 N–H and O–H groups in total. The lowest BCUT2D eigenvalue weighted by Crippen LogP contribution is -2.42. The molecule has 1 saturated heterocycles. The Kier molecular flexibility index (Phi) is 6.26. The Balaban J connectivity index is 1.70. The number of nitrogens with two attached hydrogens (primary N) is 2. The first kappa shape index (κ1) is 19.8. The number of piperidine rings is 1. The lowest BCUT2D eigenvalue weighted by Gasteiger charge is -2.30. The van der Waals surface area contributed by atoms with E-state index in [1.165, 1.54) is 18.2 Å². The van der Waals surface area contributed by atoms with Gasteiger partial charge in [0.1, 0.15) is 17.3 Å². The molecule has 0 unspecified atom stereocenters. The highest BCUT2D eigenvalue weighted by molar-refractivity contribution is 5.95. The summed E-state index contributed by atoms with van der Waals surface area (Å²) in [6.07, 6.45) is 1.77. The van der Waals surface area contributed by atoms with Crippen LogP contribution in [-0.4, -0.2) is 36.3 Å². The standard InChI is InChI=1S/C21H24FN3O3/c22-19-6-5-17(28-16-3-1-14(2-4-16)7-10-23)13-18(19)21(27)25-11-8-15(9-12-25)20(24)26/h1-6,13,15H,7-12,23H2,(H2,24,26). The number of rotatable bonds is 6. The number of amides is 2. The maximum Gasteiger partial charge on any atom is 0.256 e. The van der Waals surface area contributed by atoms with Gasteiger partial charge in [-0.15, -0.1) is 0 Å². The average molecular weight is 385 g/mol. The van der Waals surface area contributed by atoms with E-state index >= 15 is 0 Å². The van der Waals surface area contributed by atoms with Crippen molar-refractivity contribution in [3.8, 4) is 11.5 Å². The van der Waals surface area contributed by atoms with Crippen LogP contribution in [0.2, 0.25) is 0 Å². The van der Waals surface area contributed by atoms with Gasteiger partial charge in [0.05, 0.1) is 5.56 Å². The van der Waals surface area contributed by atoms with Gasteiger partial charge in [0.2, 0.25) is 5.91 Å². The van der Waals surface area contributed by atoms with Crippen molar-refractivity contribution in [1.82, 2.24) is 4.90 Å². The molecule has 2 amide bonds. The molecule has 0 aromatic heterocycles. The molecule has 1 fully saturated rings. The van der Waals surface area contributed by atoms with Crippen LogP contribution in [-0.2, 0) is 11.2 Å². The number of hydrogen-bond acceptors (Lipinski definition) is 4. The SMILES string of the molecule is NCCc1ccc(Oc2ccc(F)c(C(=O)N3CCC(C(N)=O)CC3)c2)cc1. The van der Waals surface area contributed by atoms with Gasteiger partial charge in [0, 0.05) is 19.0 Å². The summed E-state index contributed by atoms with van der Waals surface area (Å²) in [5.74, 6) is -0.634. The Hall–Kier alpha value is -2.93. The fraction of sp³-hybridized carbons (Fsp3) is 0.333. The quantitative estimate of drug-likeness (QED) is 0.798. The molecule has 0 bridgehead atoms. The minimum atomic E-state index is -0.604. The molecule has 6 nitrogen and oxygen atoms in total. The first-order valence-corrected chi connectivity index (χ1v) is 9.33. The number of likely N-dealkylation sites (tertiary alicyclic amines) is 1. The molecular formula is C21H24FN3O3. The molecular weight excluding hydrogens is 361 g/mol. The van der Waals surface area contributed by atoms with E-state index in [0.717, 1.165) is 12.0 Å². The van der Waals surface area contributed by atoms with Crippen LogP contribution in [0.3, 0.4) is 0 Å². The van der Waals surface area contributed by atoms with Crippen molar-refractivity contribution in [3.63, 3.8) is 0 Å². The summed E-state index contributed by atoms with van der Waals surface area (Å²) >= 11 is 0. The van der Waals surface area contributed by atoms with Gasteiger partial charge in [0.25, 0.3) is 5.91 Å². The maximum absolute atomic E-state index is 14.3. The van der Waals surface area contributed by atoms with Gasteiger partial charge in [-0.2, -0.15) is 0 Å². The maximum atomic E-state index is 14.3. The van der Waals surface area contributed by atoms with Crippen LogP contribution in [0.25, 0.3) is 0 Å². The highest BCUT2D eigenvalue weighted by atomic mass is 19.1. The number of halogens is 1. The molecule has 0 saturated carbocycles. The van der Waals surface area contributed by atoms with E-state index in [-0.39, 0.29) is 17.4 Å². The van der Waals surface area contributed by atoms with E-state index in [9.17, 15) is 14.0 Å². The second kappa shape index (κ2) is 8.84. The largest absolute Gasteiger partial charge is 0.457 e. The van der Waals surface area contributed by atoms with E-state index in [4.69, 9.17) is 16.2 Å². The number of hydrogen-bond donors (Lipinski definition) is 2. The summed E-state index contributed by atoms with van der Waals surface area (Å²) in [6.45, 7) is 1.32. The minimum Gasteiger partial charge on any atom is -0.457 e. The second-order valence-electron chi connectivity index (χ2n) is 6.90. The third-order valence-corrected chi connectivity index (χ3v) is 4.94. The van der Waals surface area contributed by atoms with E-state index in [0.29, 0.717) is 44.0 Å². The summed E-state index contributed by atoms with van der Waals surface area (Å²) in [5, 5.41) is 0. The first-order chi connectivity index (χ1) is 13.5. The summed E-state index contributed by atoms with van der Waals surface area (Å²) in [5.41, 5.74) is 11.9. The molecule has 2 aromatic carbocycles. The molecule has 0 aliphatic carbocycles. The molecule has 7 heteroatoms. The van der Waals surface area contributed by atoms with Gasteiger partial charge >= 0.3 is 0 Å². The van der Waals surface area contributed by atoms with Crippen molar-refractivity contribution in [2.24, 2.45) is 17.4 Å². The van der Waals surface area contributed by atoms with Gasteiger partial charge in [-0.1, -0.05) is 12.1 Å². The summed E-state index contributed by atoms with van der Waals surface area (Å²) in [7, 11) is 0. The van der Waals surface area contributed by atoms with Crippen LogP contribution in [0, 0.1) is 11.7 Å². The van der Waals surface area contributed by atoms with Crippen molar-refractivity contribution in [3.05, 3.63) is 59.4 Å². The Morgan fingerprint density at radius 3 is 2.32 bits per heavy atom. The Labute approximate surface area is 163 Å². The van der Waals surface area contributed by atoms with E-state index in [2.05, 4.69) is 0 Å². The van der Waals surface area contributed by atoms with E-state index in [1.54, 1.807) is 4.90 Å². The smallest absolute Gasteiger partial charge is 0.256 e. The van der Waals surface area contributed by atoms with Crippen molar-refractivity contribution >= 4 is 11.8 Å². The zero-order valence-electron chi connectivity index (χ0n) is 15.6. The first-order valence-electron chi connectivity index (χ1n) is 9.33. The monoisotopic (exact) mass is 385 g/mol. The minimum absolute atomic E-state index is 0.0465. The predicted octanol–water partition coefficient (Wildman–Crippen LogP) is 2.46. The molecule has 1 heterocycles. The normalized spacial score (nSPS) is 14.7. The predicted molar refractivity (Wildman–Crippen MR) is 103 cm³/mol. The third-order valence-electron chi connectivity index (χ3n) is 4.94. The molecule has 1 aliphatic rings. The van der Waals surface area contributed by atoms with Crippen LogP contribution in [0.15, 0.2) is 42.5 Å². The molecule has 3 rings (SSSR count). The van der Waals surface area contributed by atoms with Crippen molar-refractivity contribution in [2.75, 3.05) is 19.6 Å². The summed E-state index contributed by atoms with van der Waals surface area (Å²) in [6, 6.07) is 11.6. The van der Waals surface area contributed by atoms with E-state index < -0.39 is 11.7 Å². The topological polar surface area (TPSA) is 98.7 Å². The number of benzene rings is 2. The number of carbonyl (C=O) groups excluding carboxylic acids is 2. The van der Waals surface area contributed by atoms with Gasteiger partial charge < -0.3 is 21.1 Å². The van der Waals surface area contributed by atoms with Crippen molar-refractivity contribution < 1.29 is 18.7 Å². The molecule has 0 radical (unpaired) electrons. The lowest BCUT2D eigenvalue weighted by molar-refractivity contribution is -0.123. The molecule has 28 heavy (non-hydrogen) atoms. The zero-order chi connectivity index (χ0) is 20.1. The number of primary amides is 1. The molecule has 1 aliphatic heterocycles. The Bertz CT molecular complexity index is 846. The van der Waals surface area contributed by atoms with Gasteiger partial charge in [0.15, 0.2) is 0 Å². The molecule has 0 atom stereocenters. The van der Waals surface area contributed by atoms with E-state index in [1.807, 2.05) is 24.3 Å². The zero-order valence-corrected chi connectivity index (χ0v) is 15.6. The van der Waals surface area contributed by atoms with Gasteiger partial charge in [-0.25, -0.2) is 4.39 Å². The highest BCUT2D eigenvalue weighted by Crippen LogP contribution is 2.26. The number of nitrogens with zero attached hydrogens (tertiary/aromatic N) is 1. The average Bonchev–Trinajstić information content (AvgIpc) is 2.70. The Morgan fingerprint density at radius 1 is 1.07 bits per heavy atom. The van der Waals surface area contributed by atoms with Crippen molar-refractivity contribution in [1.29, 1.82) is 0 Å². The Morgan fingerprint density at radius 2 is 1.71 bits per heavy atom. The molecule has 148 valence electrons. The van der Waals surface area contributed by atoms with Crippen LogP contribution in [0.4, 0.5) is 4.39 Å². The van der Waals surface area contributed by atoms with Gasteiger partial charge in [-0.05, 0) is 61.7 Å². The van der Waals surface area contributed by atoms with Crippen LogP contribution >= 0.6 is 0 Å². The number of ether oxygens (including phenoxy) is 1. The molecule has 0 spiro atoms. The summed E-state index contributed by atoms with van der Waals surface area (Å²) < 4.78 is 20.0. The fourth-order valence-electron chi connectivity index (χ4n) is 3.30. The summed E-state index contributed by atoms with van der Waals surface area (Å²) in [4.78, 5) is 25.5. The number of carbonyl (C=O) groups is 2. The lowest BCUT2D eigenvalue weighted by atomic mass is 9.96. The third kappa shape index (κ3) is 4.67. The molecule has 2 aromatic rings. The van der Waals surface area contributed by atoms with Crippen LogP contribution in [0.5, 0.6) is 11.5 Å². The van der Waals surface area contributed by atoms with Crippen LogP contribution < -0.4 is 16.2 Å². The van der Waals surface area contributed by atoms with Crippen molar-refractivity contribution in [2.45, 2.75) is 19.3 Å². The van der Waals surface area contributed by atoms with Gasteiger partial charge in [-0.3, -0.25) is 9.59 Å². The highest BCUT2D eigenvalue weighted by Gasteiger charge is 2.28. The second-order valence-corrected chi connectivity index (χ2v) is 6.90.